The van der Waals surface area contributed by atoms with Gasteiger partial charge in [-0.3, -0.25) is 0 Å². The van der Waals surface area contributed by atoms with Crippen molar-refractivity contribution in [1.29, 1.82) is 0 Å². The fourth-order valence-corrected chi connectivity index (χ4v) is 2.05. The van der Waals surface area contributed by atoms with Crippen molar-refractivity contribution in [1.82, 2.24) is 0 Å². The van der Waals surface area contributed by atoms with E-state index in [9.17, 15) is 8.42 Å². The number of hydrogen-bond acceptors (Lipinski definition) is 4. The van der Waals surface area contributed by atoms with Crippen molar-refractivity contribution in [3.63, 3.8) is 0 Å². The third-order valence-electron chi connectivity index (χ3n) is 1.85. The Labute approximate surface area is 89.7 Å². The molecule has 0 N–H and O–H groups in total. The Morgan fingerprint density at radius 2 is 2.00 bits per heavy atom. The maximum absolute atomic E-state index is 11.4. The third kappa shape index (κ3) is 2.86. The number of rotatable bonds is 4. The lowest BCUT2D eigenvalue weighted by molar-refractivity contribution is 0.337. The van der Waals surface area contributed by atoms with E-state index in [4.69, 9.17) is 9.47 Å². The van der Waals surface area contributed by atoms with Gasteiger partial charge in [-0.1, -0.05) is 0 Å². The van der Waals surface area contributed by atoms with E-state index in [0.29, 0.717) is 18.1 Å². The molecule has 1 aromatic rings. The molecule has 84 valence electrons. The summed E-state index contributed by atoms with van der Waals surface area (Å²) in [5.74, 6) is 0.861. The van der Waals surface area contributed by atoms with Crippen molar-refractivity contribution in [3.8, 4) is 11.5 Å². The summed E-state index contributed by atoms with van der Waals surface area (Å²) in [5, 5.41) is 0. The van der Waals surface area contributed by atoms with Crippen LogP contribution in [0.15, 0.2) is 23.1 Å². The van der Waals surface area contributed by atoms with E-state index in [2.05, 4.69) is 0 Å². The Kier molecular flexibility index (Phi) is 3.57. The summed E-state index contributed by atoms with van der Waals surface area (Å²) in [6.45, 7) is 2.33. The molecule has 1 rings (SSSR count). The molecule has 5 heteroatoms. The monoisotopic (exact) mass is 230 g/mol. The molecule has 0 unspecified atom stereocenters. The van der Waals surface area contributed by atoms with Crippen molar-refractivity contribution < 1.29 is 17.9 Å². The van der Waals surface area contributed by atoms with E-state index in [-0.39, 0.29) is 4.90 Å². The van der Waals surface area contributed by atoms with Crippen LogP contribution in [0.2, 0.25) is 0 Å². The molecule has 0 bridgehead atoms. The van der Waals surface area contributed by atoms with Crippen LogP contribution in [-0.2, 0) is 9.84 Å². The number of hydrogen-bond donors (Lipinski definition) is 0. The summed E-state index contributed by atoms with van der Waals surface area (Å²) < 4.78 is 33.1. The van der Waals surface area contributed by atoms with E-state index in [1.807, 2.05) is 6.92 Å². The molecular formula is C10H14O4S. The molecule has 0 aliphatic carbocycles. The normalized spacial score (nSPS) is 11.1. The minimum atomic E-state index is -3.29. The maximum Gasteiger partial charge on any atom is 0.179 e. The highest BCUT2D eigenvalue weighted by molar-refractivity contribution is 7.90. The first-order chi connectivity index (χ1) is 6.99. The van der Waals surface area contributed by atoms with E-state index in [0.717, 1.165) is 6.26 Å². The van der Waals surface area contributed by atoms with Gasteiger partial charge in [0.25, 0.3) is 0 Å². The van der Waals surface area contributed by atoms with Gasteiger partial charge in [-0.15, -0.1) is 0 Å². The fourth-order valence-electron chi connectivity index (χ4n) is 1.20. The highest BCUT2D eigenvalue weighted by Gasteiger charge is 2.15. The highest BCUT2D eigenvalue weighted by atomic mass is 32.2. The molecule has 0 aromatic heterocycles. The van der Waals surface area contributed by atoms with Crippen LogP contribution >= 0.6 is 0 Å². The van der Waals surface area contributed by atoms with Gasteiger partial charge < -0.3 is 9.47 Å². The summed E-state index contributed by atoms with van der Waals surface area (Å²) in [7, 11) is -1.86. The first kappa shape index (κ1) is 11.8. The summed E-state index contributed by atoms with van der Waals surface area (Å²) in [5.41, 5.74) is 0. The van der Waals surface area contributed by atoms with E-state index in [1.54, 1.807) is 12.1 Å². The summed E-state index contributed by atoms with van der Waals surface area (Å²) in [6, 6.07) is 4.73. The average molecular weight is 230 g/mol. The van der Waals surface area contributed by atoms with E-state index in [1.165, 1.54) is 13.2 Å². The van der Waals surface area contributed by atoms with Gasteiger partial charge in [-0.2, -0.15) is 0 Å². The predicted molar refractivity (Wildman–Crippen MR) is 57.3 cm³/mol. The topological polar surface area (TPSA) is 52.6 Å². The van der Waals surface area contributed by atoms with Crippen LogP contribution in [0.3, 0.4) is 0 Å². The zero-order chi connectivity index (χ0) is 11.5. The second kappa shape index (κ2) is 4.53. The van der Waals surface area contributed by atoms with Gasteiger partial charge in [0.05, 0.1) is 13.7 Å². The van der Waals surface area contributed by atoms with Gasteiger partial charge in [0.1, 0.15) is 16.4 Å². The Morgan fingerprint density at radius 3 is 2.47 bits per heavy atom. The molecule has 0 atom stereocenters. The van der Waals surface area contributed by atoms with Crippen molar-refractivity contribution in [2.45, 2.75) is 11.8 Å². The van der Waals surface area contributed by atoms with E-state index >= 15 is 0 Å². The SMILES string of the molecule is CCOc1ccc(OC)c(S(C)(=O)=O)c1. The van der Waals surface area contributed by atoms with Gasteiger partial charge in [-0.25, -0.2) is 8.42 Å². The van der Waals surface area contributed by atoms with Crippen molar-refractivity contribution in [3.05, 3.63) is 18.2 Å². The molecule has 0 radical (unpaired) electrons. The van der Waals surface area contributed by atoms with Gasteiger partial charge >= 0.3 is 0 Å². The van der Waals surface area contributed by atoms with Gasteiger partial charge in [0.2, 0.25) is 0 Å². The second-order valence-electron chi connectivity index (χ2n) is 3.02. The molecule has 1 aromatic carbocycles. The van der Waals surface area contributed by atoms with E-state index < -0.39 is 9.84 Å². The first-order valence-corrected chi connectivity index (χ1v) is 6.39. The Balaban J connectivity index is 3.26. The van der Waals surface area contributed by atoms with Gasteiger partial charge in [-0.05, 0) is 19.1 Å². The Bertz CT molecular complexity index is 437. The van der Waals surface area contributed by atoms with Crippen LogP contribution < -0.4 is 9.47 Å². The molecule has 0 heterocycles. The maximum atomic E-state index is 11.4. The minimum absolute atomic E-state index is 0.149. The third-order valence-corrected chi connectivity index (χ3v) is 2.96. The summed E-state index contributed by atoms with van der Waals surface area (Å²) in [6.07, 6.45) is 1.14. The molecule has 0 amide bonds. The fraction of sp³-hybridized carbons (Fsp3) is 0.400. The highest BCUT2D eigenvalue weighted by Crippen LogP contribution is 2.27. The Morgan fingerprint density at radius 1 is 1.33 bits per heavy atom. The van der Waals surface area contributed by atoms with Crippen molar-refractivity contribution in [2.75, 3.05) is 20.0 Å². The zero-order valence-corrected chi connectivity index (χ0v) is 9.80. The van der Waals surface area contributed by atoms with Crippen LogP contribution in [0.5, 0.6) is 11.5 Å². The number of benzene rings is 1. The Hall–Kier alpha value is -1.23. The molecule has 0 spiro atoms. The smallest absolute Gasteiger partial charge is 0.179 e. The number of ether oxygens (including phenoxy) is 2. The quantitative estimate of drug-likeness (QED) is 0.786. The lowest BCUT2D eigenvalue weighted by Crippen LogP contribution is -2.02. The van der Waals surface area contributed by atoms with Crippen molar-refractivity contribution in [2.24, 2.45) is 0 Å². The summed E-state index contributed by atoms with van der Waals surface area (Å²) in [4.78, 5) is 0.149. The predicted octanol–water partition coefficient (Wildman–Crippen LogP) is 1.50. The van der Waals surface area contributed by atoms with Gasteiger partial charge in [0.15, 0.2) is 9.84 Å². The zero-order valence-electron chi connectivity index (χ0n) is 8.98. The van der Waals surface area contributed by atoms with Crippen LogP contribution in [0.4, 0.5) is 0 Å². The summed E-state index contributed by atoms with van der Waals surface area (Å²) >= 11 is 0. The second-order valence-corrected chi connectivity index (χ2v) is 5.00. The standard InChI is InChI=1S/C10H14O4S/c1-4-14-8-5-6-9(13-2)10(7-8)15(3,11)12/h5-7H,4H2,1-3H3. The van der Waals surface area contributed by atoms with Crippen molar-refractivity contribution >= 4 is 9.84 Å². The molecule has 4 nitrogen and oxygen atoms in total. The van der Waals surface area contributed by atoms with Gasteiger partial charge in [0, 0.05) is 12.3 Å². The molecule has 0 fully saturated rings. The molecular weight excluding hydrogens is 216 g/mol. The molecule has 0 saturated carbocycles. The number of methoxy groups -OCH3 is 1. The largest absolute Gasteiger partial charge is 0.495 e. The molecule has 0 saturated heterocycles. The van der Waals surface area contributed by atoms with Crippen LogP contribution in [-0.4, -0.2) is 28.4 Å². The molecule has 15 heavy (non-hydrogen) atoms. The molecule has 0 aliphatic rings. The molecule has 0 aliphatic heterocycles. The average Bonchev–Trinajstić information content (AvgIpc) is 2.17. The first-order valence-electron chi connectivity index (χ1n) is 4.50. The lowest BCUT2D eigenvalue weighted by atomic mass is 10.3. The van der Waals surface area contributed by atoms with Crippen LogP contribution in [0, 0.1) is 0 Å². The van der Waals surface area contributed by atoms with Crippen LogP contribution in [0.25, 0.3) is 0 Å². The van der Waals surface area contributed by atoms with Crippen LogP contribution in [0.1, 0.15) is 6.92 Å². The lowest BCUT2D eigenvalue weighted by Gasteiger charge is -2.09. The number of sulfone groups is 1. The minimum Gasteiger partial charge on any atom is -0.495 e.